The van der Waals surface area contributed by atoms with E-state index in [-0.39, 0.29) is 0 Å². The van der Waals surface area contributed by atoms with E-state index >= 15 is 0 Å². The minimum Gasteiger partial charge on any atom is -0.379 e. The number of anilines is 1. The molecule has 1 fully saturated rings. The van der Waals surface area contributed by atoms with Crippen molar-refractivity contribution in [2.45, 2.75) is 13.5 Å². The first-order valence-corrected chi connectivity index (χ1v) is 8.41. The Morgan fingerprint density at radius 3 is 2.58 bits per heavy atom. The van der Waals surface area contributed by atoms with Crippen molar-refractivity contribution in [3.8, 4) is 0 Å². The number of hydrazine groups is 1. The fraction of sp³-hybridized carbons (Fsp3) is 0.316. The lowest BCUT2D eigenvalue weighted by Crippen LogP contribution is -2.54. The predicted octanol–water partition coefficient (Wildman–Crippen LogP) is 3.16. The Kier molecular flexibility index (Phi) is 4.19. The highest BCUT2D eigenvalue weighted by atomic mass is 16.5. The maximum absolute atomic E-state index is 5.50. The van der Waals surface area contributed by atoms with Crippen molar-refractivity contribution in [1.82, 2.24) is 10.0 Å². The molecule has 1 N–H and O–H groups in total. The van der Waals surface area contributed by atoms with Crippen LogP contribution in [0.1, 0.15) is 11.1 Å². The van der Waals surface area contributed by atoms with Gasteiger partial charge in [-0.15, -0.1) is 0 Å². The molecule has 2 aromatic carbocycles. The molecule has 0 radical (unpaired) electrons. The van der Waals surface area contributed by atoms with Gasteiger partial charge in [-0.3, -0.25) is 5.01 Å². The fourth-order valence-corrected chi connectivity index (χ4v) is 3.12. The third-order valence-corrected chi connectivity index (χ3v) is 4.50. The van der Waals surface area contributed by atoms with Gasteiger partial charge in [0.2, 0.25) is 5.96 Å². The first-order valence-electron chi connectivity index (χ1n) is 8.41. The van der Waals surface area contributed by atoms with Crippen LogP contribution in [0.2, 0.25) is 0 Å². The number of nitrogens with zero attached hydrogens (tertiary/aromatic N) is 3. The normalized spacial score (nSPS) is 19.9. The molecular formula is C19H22N4O. The quantitative estimate of drug-likeness (QED) is 0.922. The minimum atomic E-state index is 0.760. The molecule has 124 valence electrons. The first kappa shape index (κ1) is 15.2. The Bertz CT molecular complexity index is 753. The Hall–Kier alpha value is -2.37. The van der Waals surface area contributed by atoms with Crippen LogP contribution in [0.25, 0.3) is 0 Å². The molecular weight excluding hydrogens is 300 g/mol. The molecule has 0 bridgehead atoms. The van der Waals surface area contributed by atoms with E-state index in [0.717, 1.165) is 50.2 Å². The van der Waals surface area contributed by atoms with Gasteiger partial charge in [-0.25, -0.2) is 10.0 Å². The molecule has 2 aliphatic rings. The third-order valence-electron chi connectivity index (χ3n) is 4.50. The SMILES string of the molecule is Cc1ccccc1N=C1Nc2ccccc2CN1N1CCOCC1. The zero-order valence-electron chi connectivity index (χ0n) is 13.9. The summed E-state index contributed by atoms with van der Waals surface area (Å²) in [7, 11) is 0. The molecule has 0 unspecified atom stereocenters. The Morgan fingerprint density at radius 1 is 1.00 bits per heavy atom. The summed E-state index contributed by atoms with van der Waals surface area (Å²) in [5.41, 5.74) is 4.59. The number of ether oxygens (including phenoxy) is 1. The van der Waals surface area contributed by atoms with E-state index in [1.165, 1.54) is 11.1 Å². The number of aliphatic imine (C=N–C) groups is 1. The molecule has 0 atom stereocenters. The molecule has 5 nitrogen and oxygen atoms in total. The zero-order chi connectivity index (χ0) is 16.4. The van der Waals surface area contributed by atoms with Gasteiger partial charge in [-0.2, -0.15) is 0 Å². The van der Waals surface area contributed by atoms with Gasteiger partial charge in [0.25, 0.3) is 0 Å². The second-order valence-corrected chi connectivity index (χ2v) is 6.13. The van der Waals surface area contributed by atoms with Crippen LogP contribution >= 0.6 is 0 Å². The van der Waals surface area contributed by atoms with Crippen molar-refractivity contribution < 1.29 is 4.74 Å². The van der Waals surface area contributed by atoms with Crippen molar-refractivity contribution >= 4 is 17.3 Å². The Balaban J connectivity index is 1.72. The van der Waals surface area contributed by atoms with E-state index in [4.69, 9.17) is 9.73 Å². The average molecular weight is 322 g/mol. The highest BCUT2D eigenvalue weighted by Gasteiger charge is 2.27. The monoisotopic (exact) mass is 322 g/mol. The number of fused-ring (bicyclic) bond motifs is 1. The third kappa shape index (κ3) is 3.00. The lowest BCUT2D eigenvalue weighted by Gasteiger charge is -2.42. The molecule has 2 aromatic rings. The van der Waals surface area contributed by atoms with E-state index in [2.05, 4.69) is 58.7 Å². The second-order valence-electron chi connectivity index (χ2n) is 6.13. The average Bonchev–Trinajstić information content (AvgIpc) is 2.64. The van der Waals surface area contributed by atoms with Crippen molar-refractivity contribution in [2.75, 3.05) is 31.6 Å². The van der Waals surface area contributed by atoms with E-state index in [9.17, 15) is 0 Å². The number of guanidine groups is 1. The van der Waals surface area contributed by atoms with Gasteiger partial charge >= 0.3 is 0 Å². The fourth-order valence-electron chi connectivity index (χ4n) is 3.12. The van der Waals surface area contributed by atoms with Gasteiger partial charge in [0, 0.05) is 18.8 Å². The number of rotatable bonds is 2. The lowest BCUT2D eigenvalue weighted by molar-refractivity contribution is -0.0549. The van der Waals surface area contributed by atoms with Crippen LogP contribution in [0.4, 0.5) is 11.4 Å². The number of aryl methyl sites for hydroxylation is 1. The van der Waals surface area contributed by atoms with E-state index in [0.29, 0.717) is 0 Å². The van der Waals surface area contributed by atoms with Gasteiger partial charge in [0.1, 0.15) is 0 Å². The largest absolute Gasteiger partial charge is 0.379 e. The van der Waals surface area contributed by atoms with Crippen molar-refractivity contribution in [3.63, 3.8) is 0 Å². The topological polar surface area (TPSA) is 40.1 Å². The molecule has 0 spiro atoms. The first-order chi connectivity index (χ1) is 11.8. The summed E-state index contributed by atoms with van der Waals surface area (Å²) in [6, 6.07) is 16.6. The van der Waals surface area contributed by atoms with Crippen molar-refractivity contribution in [1.29, 1.82) is 0 Å². The van der Waals surface area contributed by atoms with Crippen LogP contribution in [0.3, 0.4) is 0 Å². The maximum Gasteiger partial charge on any atom is 0.218 e. The standard InChI is InChI=1S/C19H22N4O/c1-15-6-2-4-8-17(15)20-19-21-18-9-5-3-7-16(18)14-23(19)22-10-12-24-13-11-22/h2-9H,10-14H2,1H3,(H,20,21). The highest BCUT2D eigenvalue weighted by Crippen LogP contribution is 2.27. The highest BCUT2D eigenvalue weighted by molar-refractivity contribution is 5.97. The summed E-state index contributed by atoms with van der Waals surface area (Å²) in [4.78, 5) is 4.92. The van der Waals surface area contributed by atoms with Crippen molar-refractivity contribution in [2.24, 2.45) is 4.99 Å². The van der Waals surface area contributed by atoms with Crippen LogP contribution in [-0.2, 0) is 11.3 Å². The minimum absolute atomic E-state index is 0.760. The van der Waals surface area contributed by atoms with Gasteiger partial charge in [-0.05, 0) is 30.2 Å². The maximum atomic E-state index is 5.50. The number of nitrogens with one attached hydrogen (secondary N) is 1. The van der Waals surface area contributed by atoms with Crippen LogP contribution in [0.5, 0.6) is 0 Å². The number of benzene rings is 2. The molecule has 0 aromatic heterocycles. The van der Waals surface area contributed by atoms with Crippen LogP contribution in [0.15, 0.2) is 53.5 Å². The molecule has 2 heterocycles. The van der Waals surface area contributed by atoms with E-state index in [1.54, 1.807) is 0 Å². The van der Waals surface area contributed by atoms with Crippen molar-refractivity contribution in [3.05, 3.63) is 59.7 Å². The Labute approximate surface area is 142 Å². The van der Waals surface area contributed by atoms with Gasteiger partial charge in [0.15, 0.2) is 0 Å². The number of para-hydroxylation sites is 2. The number of hydrogen-bond donors (Lipinski definition) is 1. The smallest absolute Gasteiger partial charge is 0.218 e. The van der Waals surface area contributed by atoms with Gasteiger partial charge in [0.05, 0.1) is 25.4 Å². The predicted molar refractivity (Wildman–Crippen MR) is 96.3 cm³/mol. The van der Waals surface area contributed by atoms with Crippen LogP contribution in [-0.4, -0.2) is 42.3 Å². The van der Waals surface area contributed by atoms with E-state index in [1.807, 2.05) is 12.1 Å². The number of morpholine rings is 1. The van der Waals surface area contributed by atoms with Crippen LogP contribution < -0.4 is 5.32 Å². The summed E-state index contributed by atoms with van der Waals surface area (Å²) < 4.78 is 5.50. The molecule has 0 aliphatic carbocycles. The molecule has 24 heavy (non-hydrogen) atoms. The number of hydrogen-bond acceptors (Lipinski definition) is 3. The summed E-state index contributed by atoms with van der Waals surface area (Å²) in [5.74, 6) is 0.880. The second kappa shape index (κ2) is 6.63. The Morgan fingerprint density at radius 2 is 1.75 bits per heavy atom. The molecule has 0 amide bonds. The van der Waals surface area contributed by atoms with E-state index < -0.39 is 0 Å². The molecule has 1 saturated heterocycles. The van der Waals surface area contributed by atoms with Gasteiger partial charge in [-0.1, -0.05) is 36.4 Å². The molecule has 2 aliphatic heterocycles. The molecule has 0 saturated carbocycles. The summed E-state index contributed by atoms with van der Waals surface area (Å²) in [6.07, 6.45) is 0. The molecule has 4 rings (SSSR count). The summed E-state index contributed by atoms with van der Waals surface area (Å²) in [5, 5.41) is 8.08. The lowest BCUT2D eigenvalue weighted by atomic mass is 10.1. The molecule has 5 heteroatoms. The zero-order valence-corrected chi connectivity index (χ0v) is 13.9. The van der Waals surface area contributed by atoms with Crippen LogP contribution in [0, 0.1) is 6.92 Å². The summed E-state index contributed by atoms with van der Waals surface area (Å²) >= 11 is 0. The van der Waals surface area contributed by atoms with Gasteiger partial charge < -0.3 is 10.1 Å². The summed E-state index contributed by atoms with van der Waals surface area (Å²) in [6.45, 7) is 6.21.